The van der Waals surface area contributed by atoms with E-state index in [2.05, 4.69) is 4.74 Å². The van der Waals surface area contributed by atoms with Gasteiger partial charge in [0, 0.05) is 0 Å². The summed E-state index contributed by atoms with van der Waals surface area (Å²) in [5, 5.41) is 9.51. The molecule has 2 rings (SSSR count). The van der Waals surface area contributed by atoms with Crippen molar-refractivity contribution in [3.63, 3.8) is 0 Å². The molecule has 1 fully saturated rings. The maximum absolute atomic E-state index is 14.3. The molecule has 0 atom stereocenters. The van der Waals surface area contributed by atoms with Crippen LogP contribution in [0.1, 0.15) is 51.0 Å². The van der Waals surface area contributed by atoms with Crippen molar-refractivity contribution in [2.75, 3.05) is 7.11 Å². The van der Waals surface area contributed by atoms with Gasteiger partial charge >= 0.3 is 0 Å². The zero-order valence-electron chi connectivity index (χ0n) is 13.2. The van der Waals surface area contributed by atoms with E-state index in [1.54, 1.807) is 0 Å². The molecule has 0 radical (unpaired) electrons. The molecule has 0 spiro atoms. The molecule has 1 saturated carbocycles. The minimum Gasteiger partial charge on any atom is -0.491 e. The Morgan fingerprint density at radius 2 is 1.61 bits per heavy atom. The zero-order valence-corrected chi connectivity index (χ0v) is 13.2. The van der Waals surface area contributed by atoms with E-state index in [9.17, 15) is 22.8 Å². The van der Waals surface area contributed by atoms with Crippen molar-refractivity contribution in [3.05, 3.63) is 28.8 Å². The van der Waals surface area contributed by atoms with Crippen LogP contribution in [0.2, 0.25) is 0 Å². The van der Waals surface area contributed by atoms with Crippen LogP contribution >= 0.6 is 0 Å². The third kappa shape index (κ3) is 2.89. The molecule has 1 aromatic rings. The number of nitriles is 1. The van der Waals surface area contributed by atoms with E-state index in [1.807, 2.05) is 13.0 Å². The molecule has 0 aliphatic heterocycles. The Labute approximate surface area is 133 Å². The van der Waals surface area contributed by atoms with E-state index in [-0.39, 0.29) is 12.8 Å². The second kappa shape index (κ2) is 6.77. The Morgan fingerprint density at radius 3 is 2.00 bits per heavy atom. The first-order chi connectivity index (χ1) is 10.9. The van der Waals surface area contributed by atoms with Crippen LogP contribution in [-0.4, -0.2) is 7.11 Å². The lowest BCUT2D eigenvalue weighted by atomic mass is 9.66. The van der Waals surface area contributed by atoms with Gasteiger partial charge in [0.25, 0.3) is 0 Å². The molecule has 1 aliphatic carbocycles. The van der Waals surface area contributed by atoms with Crippen molar-refractivity contribution >= 4 is 0 Å². The maximum Gasteiger partial charge on any atom is 0.204 e. The van der Waals surface area contributed by atoms with Gasteiger partial charge in [0.05, 0.1) is 24.2 Å². The van der Waals surface area contributed by atoms with E-state index >= 15 is 0 Å². The normalized spacial score (nSPS) is 24.3. The largest absolute Gasteiger partial charge is 0.491 e. The molecule has 23 heavy (non-hydrogen) atoms. The first-order valence-electron chi connectivity index (χ1n) is 7.73. The summed E-state index contributed by atoms with van der Waals surface area (Å²) in [7, 11) is 0.927. The number of hydrogen-bond donors (Lipinski definition) is 0. The predicted molar refractivity (Wildman–Crippen MR) is 77.0 cm³/mol. The van der Waals surface area contributed by atoms with Crippen LogP contribution in [0.3, 0.4) is 0 Å². The highest BCUT2D eigenvalue weighted by atomic mass is 19.2. The fourth-order valence-electron chi connectivity index (χ4n) is 3.50. The molecule has 1 aliphatic rings. The fourth-order valence-corrected chi connectivity index (χ4v) is 3.50. The number of ether oxygens (including phenoxy) is 1. The number of halogens is 4. The van der Waals surface area contributed by atoms with E-state index in [0.717, 1.165) is 20.0 Å². The summed E-state index contributed by atoms with van der Waals surface area (Å²) in [6.45, 7) is 2.04. The Morgan fingerprint density at radius 1 is 1.09 bits per heavy atom. The number of methoxy groups -OCH3 is 1. The molecule has 0 aromatic heterocycles. The van der Waals surface area contributed by atoms with Gasteiger partial charge < -0.3 is 4.74 Å². The van der Waals surface area contributed by atoms with Crippen LogP contribution in [0.4, 0.5) is 17.6 Å². The van der Waals surface area contributed by atoms with Crippen LogP contribution in [0.25, 0.3) is 0 Å². The fraction of sp³-hybridized carbons (Fsp3) is 0.588. The standard InChI is InChI=1S/C17H19F4NO/c1-3-4-10-5-7-17(9-22,8-6-10)11-12(18)14(20)16(23-2)15(21)13(11)19/h10H,3-8H2,1-2H3/t10-,17+. The monoisotopic (exact) mass is 329 g/mol. The van der Waals surface area contributed by atoms with E-state index in [4.69, 9.17) is 0 Å². The summed E-state index contributed by atoms with van der Waals surface area (Å²) in [4.78, 5) is 0. The Bertz CT molecular complexity index is 601. The lowest BCUT2D eigenvalue weighted by Crippen LogP contribution is -2.33. The molecule has 6 heteroatoms. The second-order valence-electron chi connectivity index (χ2n) is 6.09. The molecular formula is C17H19F4NO. The molecule has 0 bridgehead atoms. The van der Waals surface area contributed by atoms with Gasteiger partial charge in [-0.05, 0) is 31.6 Å². The highest BCUT2D eigenvalue weighted by Gasteiger charge is 2.44. The van der Waals surface area contributed by atoms with Crippen LogP contribution in [-0.2, 0) is 5.41 Å². The molecule has 0 N–H and O–H groups in total. The van der Waals surface area contributed by atoms with Crippen molar-refractivity contribution in [2.24, 2.45) is 5.92 Å². The van der Waals surface area contributed by atoms with E-state index in [0.29, 0.717) is 18.8 Å². The van der Waals surface area contributed by atoms with Gasteiger partial charge in [-0.3, -0.25) is 0 Å². The quantitative estimate of drug-likeness (QED) is 0.575. The minimum atomic E-state index is -1.59. The molecule has 0 unspecified atom stereocenters. The average Bonchev–Trinajstić information content (AvgIpc) is 2.56. The zero-order chi connectivity index (χ0) is 17.2. The highest BCUT2D eigenvalue weighted by molar-refractivity contribution is 5.42. The lowest BCUT2D eigenvalue weighted by Gasteiger charge is -2.35. The van der Waals surface area contributed by atoms with Gasteiger partial charge in [0.15, 0.2) is 17.4 Å². The first-order valence-corrected chi connectivity index (χ1v) is 7.73. The van der Waals surface area contributed by atoms with Gasteiger partial charge in [0.1, 0.15) is 0 Å². The van der Waals surface area contributed by atoms with Crippen LogP contribution in [0.5, 0.6) is 5.75 Å². The molecule has 0 amide bonds. The van der Waals surface area contributed by atoms with Gasteiger partial charge in [-0.2, -0.15) is 14.0 Å². The third-order valence-corrected chi connectivity index (χ3v) is 4.78. The van der Waals surface area contributed by atoms with Crippen LogP contribution in [0, 0.1) is 40.5 Å². The van der Waals surface area contributed by atoms with Gasteiger partial charge in [-0.25, -0.2) is 8.78 Å². The van der Waals surface area contributed by atoms with Gasteiger partial charge in [0.2, 0.25) is 11.6 Å². The SMILES string of the molecule is CCC[C@H]1CC[C@@](C#N)(c2c(F)c(F)c(OC)c(F)c2F)CC1. The maximum atomic E-state index is 14.3. The van der Waals surface area contributed by atoms with E-state index in [1.165, 1.54) is 0 Å². The highest BCUT2D eigenvalue weighted by Crippen LogP contribution is 2.46. The average molecular weight is 329 g/mol. The van der Waals surface area contributed by atoms with Crippen molar-refractivity contribution in [1.29, 1.82) is 5.26 Å². The predicted octanol–water partition coefficient (Wildman–Crippen LogP) is 5.00. The van der Waals surface area contributed by atoms with Crippen LogP contribution in [0.15, 0.2) is 0 Å². The van der Waals surface area contributed by atoms with E-state index < -0.39 is 40.0 Å². The number of hydrogen-bond acceptors (Lipinski definition) is 2. The Balaban J connectivity index is 2.50. The summed E-state index contributed by atoms with van der Waals surface area (Å²) in [5.41, 5.74) is -2.34. The minimum absolute atomic E-state index is 0.188. The van der Waals surface area contributed by atoms with Gasteiger partial charge in [-0.1, -0.05) is 19.8 Å². The lowest BCUT2D eigenvalue weighted by molar-refractivity contribution is 0.247. The number of nitrogens with zero attached hydrogens (tertiary/aromatic N) is 1. The third-order valence-electron chi connectivity index (χ3n) is 4.78. The number of benzene rings is 1. The molecule has 1 aromatic carbocycles. The number of rotatable bonds is 4. The van der Waals surface area contributed by atoms with Gasteiger partial charge in [-0.15, -0.1) is 0 Å². The molecule has 126 valence electrons. The summed E-state index contributed by atoms with van der Waals surface area (Å²) >= 11 is 0. The topological polar surface area (TPSA) is 33.0 Å². The van der Waals surface area contributed by atoms with Crippen molar-refractivity contribution < 1.29 is 22.3 Å². The second-order valence-corrected chi connectivity index (χ2v) is 6.09. The summed E-state index contributed by atoms with van der Waals surface area (Å²) in [5.74, 6) is -6.97. The smallest absolute Gasteiger partial charge is 0.204 e. The summed E-state index contributed by atoms with van der Waals surface area (Å²) in [6.07, 6.45) is 3.54. The molecule has 0 saturated heterocycles. The molecule has 2 nitrogen and oxygen atoms in total. The first kappa shape index (κ1) is 17.6. The summed E-state index contributed by atoms with van der Waals surface area (Å²) in [6, 6.07) is 1.92. The molecule has 0 heterocycles. The van der Waals surface area contributed by atoms with Crippen molar-refractivity contribution in [3.8, 4) is 11.8 Å². The Kier molecular flexibility index (Phi) is 5.18. The Hall–Kier alpha value is -1.77. The van der Waals surface area contributed by atoms with Crippen molar-refractivity contribution in [2.45, 2.75) is 50.9 Å². The molecular weight excluding hydrogens is 310 g/mol. The summed E-state index contributed by atoms with van der Waals surface area (Å²) < 4.78 is 61.0. The van der Waals surface area contributed by atoms with Crippen LogP contribution < -0.4 is 4.74 Å². The van der Waals surface area contributed by atoms with Crippen molar-refractivity contribution in [1.82, 2.24) is 0 Å².